The Labute approximate surface area is 406 Å². The van der Waals surface area contributed by atoms with E-state index in [4.69, 9.17) is 18.9 Å². The molecule has 0 bridgehead atoms. The molecule has 68 heavy (non-hydrogen) atoms. The Bertz CT molecular complexity index is 1980. The second kappa shape index (κ2) is 26.6. The molecule has 2 aromatic carbocycles. The van der Waals surface area contributed by atoms with E-state index in [1.54, 1.807) is 61.0 Å². The Morgan fingerprint density at radius 3 is 1.96 bits per heavy atom. The highest BCUT2D eigenvalue weighted by Gasteiger charge is 2.44. The third-order valence-electron chi connectivity index (χ3n) is 13.0. The van der Waals surface area contributed by atoms with Crippen molar-refractivity contribution in [3.63, 3.8) is 0 Å². The zero-order valence-electron chi connectivity index (χ0n) is 43.4. The summed E-state index contributed by atoms with van der Waals surface area (Å²) < 4.78 is 22.6. The first-order chi connectivity index (χ1) is 32.0. The summed E-state index contributed by atoms with van der Waals surface area (Å²) in [7, 11) is 7.80. The van der Waals surface area contributed by atoms with Gasteiger partial charge in [-0.2, -0.15) is 0 Å². The van der Waals surface area contributed by atoms with Crippen LogP contribution < -0.4 is 10.6 Å². The fourth-order valence-corrected chi connectivity index (χ4v) is 9.40. The van der Waals surface area contributed by atoms with Crippen LogP contribution in [0.5, 0.6) is 0 Å². The lowest BCUT2D eigenvalue weighted by atomic mass is 9.87. The number of carbonyl (C=O) groups is 6. The van der Waals surface area contributed by atoms with Crippen molar-refractivity contribution in [3.8, 4) is 0 Å². The fourth-order valence-electron chi connectivity index (χ4n) is 9.40. The van der Waals surface area contributed by atoms with Crippen molar-refractivity contribution in [2.75, 3.05) is 42.0 Å². The molecule has 378 valence electrons. The quantitative estimate of drug-likeness (QED) is 0.108. The molecule has 1 fully saturated rings. The molecule has 0 spiro atoms. The smallest absolute Gasteiger partial charge is 0.410 e. The molecule has 0 aromatic heterocycles. The minimum atomic E-state index is -0.975. The van der Waals surface area contributed by atoms with Gasteiger partial charge in [0.15, 0.2) is 0 Å². The Balaban J connectivity index is 1.83. The van der Waals surface area contributed by atoms with Crippen LogP contribution in [-0.2, 0) is 44.5 Å². The number of hydrogen-bond donors (Lipinski definition) is 2. The second-order valence-electron chi connectivity index (χ2n) is 19.9. The van der Waals surface area contributed by atoms with Crippen LogP contribution in [0.2, 0.25) is 0 Å². The lowest BCUT2D eigenvalue weighted by Crippen LogP contribution is -2.60. The van der Waals surface area contributed by atoms with Gasteiger partial charge < -0.3 is 29.2 Å². The lowest BCUT2D eigenvalue weighted by molar-refractivity contribution is -0.144. The van der Waals surface area contributed by atoms with Gasteiger partial charge in [-0.3, -0.25) is 34.3 Å². The minimum Gasteiger partial charge on any atom is -0.465 e. The summed E-state index contributed by atoms with van der Waals surface area (Å²) in [5.41, 5.74) is 1.55. The molecule has 2 aromatic rings. The van der Waals surface area contributed by atoms with Crippen molar-refractivity contribution in [2.45, 2.75) is 149 Å². The molecule has 0 saturated carbocycles. The van der Waals surface area contributed by atoms with Crippen molar-refractivity contribution >= 4 is 41.8 Å². The van der Waals surface area contributed by atoms with Gasteiger partial charge in [0.05, 0.1) is 55.3 Å². The number of methoxy groups -OCH3 is 3. The second-order valence-corrected chi connectivity index (χ2v) is 19.9. The van der Waals surface area contributed by atoms with E-state index in [-0.39, 0.29) is 48.1 Å². The number of likely N-dealkylation sites (tertiary alicyclic amines) is 1. The van der Waals surface area contributed by atoms with E-state index in [9.17, 15) is 28.8 Å². The average molecular weight is 948 g/mol. The van der Waals surface area contributed by atoms with Crippen LogP contribution in [0.25, 0.3) is 6.08 Å². The maximum Gasteiger partial charge on any atom is 0.410 e. The normalized spacial score (nSPS) is 17.8. The van der Waals surface area contributed by atoms with Gasteiger partial charge in [0, 0.05) is 33.9 Å². The van der Waals surface area contributed by atoms with Crippen molar-refractivity contribution in [1.29, 1.82) is 0 Å². The summed E-state index contributed by atoms with van der Waals surface area (Å²) in [5, 5.41) is 5.85. The first-order valence-corrected chi connectivity index (χ1v) is 24.1. The SMILES string of the molecule is CC[C@H](C)[C@@H]([C@@H](CC(=O)N1CCC[C@H]1[C@H](OC)[C@@H](C)C(=O)N[C@H](/C=C/c1ccc(C(=O)OC)cc1)Cc1ccccc1)OC)N(C)[C@H](C(=O)NC(=O)[C@H](C(C)C)N(C)C(=O)OC(C)(C)C)C(C)C. The first kappa shape index (κ1) is 57.2. The summed E-state index contributed by atoms with van der Waals surface area (Å²) in [6, 6.07) is 13.9. The number of rotatable bonds is 23. The van der Waals surface area contributed by atoms with Crippen LogP contribution in [-0.4, -0.2) is 140 Å². The van der Waals surface area contributed by atoms with E-state index >= 15 is 0 Å². The molecule has 0 radical (unpaired) electrons. The molecule has 9 atom stereocenters. The number of esters is 1. The van der Waals surface area contributed by atoms with Gasteiger partial charge in [-0.05, 0) is 88.1 Å². The molecule has 1 saturated heterocycles. The highest BCUT2D eigenvalue weighted by molar-refractivity contribution is 6.01. The number of likely N-dealkylation sites (N-methyl/N-ethyl adjacent to an activating group) is 2. The molecule has 2 N–H and O–H groups in total. The molecule has 1 aliphatic heterocycles. The molecule has 3 rings (SSSR count). The minimum absolute atomic E-state index is 0.00931. The van der Waals surface area contributed by atoms with E-state index in [0.29, 0.717) is 24.9 Å². The molecular weight excluding hydrogens is 867 g/mol. The number of imide groups is 1. The number of benzene rings is 2. The number of nitrogens with zero attached hydrogens (tertiary/aromatic N) is 3. The van der Waals surface area contributed by atoms with Crippen molar-refractivity contribution in [3.05, 3.63) is 77.4 Å². The van der Waals surface area contributed by atoms with Crippen LogP contribution in [0.1, 0.15) is 116 Å². The topological polar surface area (TPSA) is 173 Å². The summed E-state index contributed by atoms with van der Waals surface area (Å²) in [6.07, 6.45) is 4.56. The molecule has 0 unspecified atom stereocenters. The molecular formula is C53H81N5O10. The fraction of sp³-hybridized carbons (Fsp3) is 0.623. The highest BCUT2D eigenvalue weighted by Crippen LogP contribution is 2.31. The van der Waals surface area contributed by atoms with Crippen LogP contribution in [0, 0.1) is 23.7 Å². The molecule has 15 heteroatoms. The standard InChI is InChI=1S/C53H81N5O10/c1-16-35(6)46(56(11)44(33(2)3)49(61)55-50(62)45(34(4)5)57(12)52(64)68-53(8,9)10)42(65-13)32-43(59)58-30-20-23-41(58)47(66-14)36(7)48(60)54-40(31-38-21-18-17-19-22-38)29-26-37-24-27-39(28-25-37)51(63)67-15/h17-19,21-22,24-29,33-36,40-42,44-47H,16,20,23,30-32H2,1-15H3,(H,54,60)(H,55,61,62)/b29-26+/t35-,36+,40+,41-,42+,44-,45-,46-,47+/m0/s1. The van der Waals surface area contributed by atoms with E-state index < -0.39 is 65.7 Å². The summed E-state index contributed by atoms with van der Waals surface area (Å²) in [4.78, 5) is 86.7. The van der Waals surface area contributed by atoms with Crippen molar-refractivity contribution in [2.24, 2.45) is 23.7 Å². The van der Waals surface area contributed by atoms with Gasteiger partial charge in [-0.1, -0.05) is 110 Å². The number of ether oxygens (including phenoxy) is 4. The highest BCUT2D eigenvalue weighted by atomic mass is 16.6. The summed E-state index contributed by atoms with van der Waals surface area (Å²) in [5.74, 6) is -3.17. The predicted octanol–water partition coefficient (Wildman–Crippen LogP) is 7.17. The molecule has 0 aliphatic carbocycles. The molecule has 1 aliphatic rings. The van der Waals surface area contributed by atoms with Gasteiger partial charge in [-0.15, -0.1) is 0 Å². The van der Waals surface area contributed by atoms with Gasteiger partial charge in [0.25, 0.3) is 0 Å². The largest absolute Gasteiger partial charge is 0.465 e. The molecule has 15 nitrogen and oxygen atoms in total. The van der Waals surface area contributed by atoms with Gasteiger partial charge in [0.2, 0.25) is 23.6 Å². The number of nitrogens with one attached hydrogen (secondary N) is 2. The van der Waals surface area contributed by atoms with E-state index in [0.717, 1.165) is 24.0 Å². The Kier molecular flexibility index (Phi) is 22.4. The Hall–Kier alpha value is -5.12. The third kappa shape index (κ3) is 16.0. The third-order valence-corrected chi connectivity index (χ3v) is 13.0. The molecule has 1 heterocycles. The maximum absolute atomic E-state index is 14.5. The van der Waals surface area contributed by atoms with Crippen LogP contribution >= 0.6 is 0 Å². The van der Waals surface area contributed by atoms with Crippen LogP contribution in [0.3, 0.4) is 0 Å². The van der Waals surface area contributed by atoms with Gasteiger partial charge in [-0.25, -0.2) is 9.59 Å². The van der Waals surface area contributed by atoms with Crippen molar-refractivity contribution in [1.82, 2.24) is 25.3 Å². The maximum atomic E-state index is 14.5. The number of carbonyl (C=O) groups excluding carboxylic acids is 6. The Morgan fingerprint density at radius 2 is 1.43 bits per heavy atom. The van der Waals surface area contributed by atoms with E-state index in [1.807, 2.05) is 99.2 Å². The first-order valence-electron chi connectivity index (χ1n) is 24.1. The van der Waals surface area contributed by atoms with E-state index in [1.165, 1.54) is 19.1 Å². The average Bonchev–Trinajstić information content (AvgIpc) is 3.77. The lowest BCUT2D eigenvalue weighted by Gasteiger charge is -2.43. The summed E-state index contributed by atoms with van der Waals surface area (Å²) in [6.45, 7) is 19.1. The number of amides is 5. The van der Waals surface area contributed by atoms with Gasteiger partial charge in [0.1, 0.15) is 11.6 Å². The van der Waals surface area contributed by atoms with Crippen LogP contribution in [0.4, 0.5) is 4.79 Å². The predicted molar refractivity (Wildman–Crippen MR) is 264 cm³/mol. The molecule has 5 amide bonds. The summed E-state index contributed by atoms with van der Waals surface area (Å²) >= 11 is 0. The zero-order chi connectivity index (χ0) is 51.0. The zero-order valence-corrected chi connectivity index (χ0v) is 43.4. The van der Waals surface area contributed by atoms with E-state index in [2.05, 4.69) is 17.6 Å². The Morgan fingerprint density at radius 1 is 0.824 bits per heavy atom. The number of hydrogen-bond acceptors (Lipinski definition) is 11. The monoisotopic (exact) mass is 948 g/mol. The van der Waals surface area contributed by atoms with Crippen LogP contribution in [0.15, 0.2) is 60.7 Å². The van der Waals surface area contributed by atoms with Gasteiger partial charge >= 0.3 is 12.1 Å². The van der Waals surface area contributed by atoms with Crippen molar-refractivity contribution < 1.29 is 47.7 Å².